The van der Waals surface area contributed by atoms with Crippen molar-refractivity contribution < 1.29 is 19.1 Å². The molecule has 6 nitrogen and oxygen atoms in total. The van der Waals surface area contributed by atoms with Gasteiger partial charge in [0.15, 0.2) is 6.10 Å². The van der Waals surface area contributed by atoms with Crippen molar-refractivity contribution >= 4 is 23.3 Å². The van der Waals surface area contributed by atoms with E-state index in [0.29, 0.717) is 17.1 Å². The van der Waals surface area contributed by atoms with Crippen molar-refractivity contribution in [2.45, 2.75) is 39.4 Å². The smallest absolute Gasteiger partial charge is 0.326 e. The number of nitrogen functional groups attached to an aromatic ring is 1. The fourth-order valence-corrected chi connectivity index (χ4v) is 2.12. The highest BCUT2D eigenvalue weighted by molar-refractivity contribution is 6.05. The summed E-state index contributed by atoms with van der Waals surface area (Å²) in [5.41, 5.74) is 6.74. The highest BCUT2D eigenvalue weighted by Gasteiger charge is 2.34. The molecule has 0 saturated carbocycles. The molecule has 0 bridgehead atoms. The van der Waals surface area contributed by atoms with Crippen molar-refractivity contribution in [2.24, 2.45) is 0 Å². The fourth-order valence-electron chi connectivity index (χ4n) is 2.12. The summed E-state index contributed by atoms with van der Waals surface area (Å²) in [5.74, 6) is -0.263. The second kappa shape index (κ2) is 6.03. The first kappa shape index (κ1) is 15.2. The molecular weight excluding hydrogens is 272 g/mol. The average molecular weight is 292 g/mol. The molecule has 0 spiro atoms. The van der Waals surface area contributed by atoms with Gasteiger partial charge in [-0.05, 0) is 32.4 Å². The fraction of sp³-hybridized carbons (Fsp3) is 0.467. The van der Waals surface area contributed by atoms with E-state index >= 15 is 0 Å². The lowest BCUT2D eigenvalue weighted by Gasteiger charge is -2.33. The van der Waals surface area contributed by atoms with Gasteiger partial charge in [-0.25, -0.2) is 0 Å². The molecule has 0 aromatic heterocycles. The molecular formula is C15H20N2O4. The summed E-state index contributed by atoms with van der Waals surface area (Å²) in [7, 11) is 0. The molecule has 114 valence electrons. The third kappa shape index (κ3) is 3.09. The summed E-state index contributed by atoms with van der Waals surface area (Å²) in [6, 6.07) is 5.13. The van der Waals surface area contributed by atoms with Crippen LogP contribution in [-0.4, -0.2) is 30.6 Å². The summed E-state index contributed by atoms with van der Waals surface area (Å²) in [6.45, 7) is 5.21. The van der Waals surface area contributed by atoms with Gasteiger partial charge in [0.1, 0.15) is 18.0 Å². The Labute approximate surface area is 123 Å². The van der Waals surface area contributed by atoms with Crippen molar-refractivity contribution in [1.82, 2.24) is 0 Å². The third-order valence-electron chi connectivity index (χ3n) is 3.41. The van der Waals surface area contributed by atoms with Crippen LogP contribution < -0.4 is 15.4 Å². The molecule has 0 aliphatic carbocycles. The minimum absolute atomic E-state index is 0.169. The molecule has 1 amide bonds. The maximum absolute atomic E-state index is 12.3. The Hall–Kier alpha value is -2.24. The van der Waals surface area contributed by atoms with Crippen molar-refractivity contribution in [3.05, 3.63) is 18.2 Å². The number of esters is 1. The molecule has 0 saturated heterocycles. The molecule has 6 heteroatoms. The van der Waals surface area contributed by atoms with Crippen LogP contribution in [0.5, 0.6) is 5.75 Å². The van der Waals surface area contributed by atoms with Gasteiger partial charge in [-0.15, -0.1) is 0 Å². The van der Waals surface area contributed by atoms with Gasteiger partial charge in [0, 0.05) is 0 Å². The zero-order chi connectivity index (χ0) is 15.6. The number of hydrogen-bond acceptors (Lipinski definition) is 5. The lowest BCUT2D eigenvalue weighted by atomic mass is 10.1. The van der Waals surface area contributed by atoms with Crippen molar-refractivity contribution in [3.63, 3.8) is 0 Å². The molecule has 2 rings (SSSR count). The number of carbonyl (C=O) groups is 2. The third-order valence-corrected chi connectivity index (χ3v) is 3.41. The lowest BCUT2D eigenvalue weighted by molar-refractivity contribution is -0.147. The summed E-state index contributed by atoms with van der Waals surface area (Å²) < 4.78 is 10.7. The standard InChI is InChI=1S/C15H20N2O4/c1-4-9(2)20-13(18)8-17-14-11(16)6-5-7-12(14)21-10(3)15(17)19/h5-7,9-10H,4,8,16H2,1-3H3. The number of hydrogen-bond donors (Lipinski definition) is 1. The van der Waals surface area contributed by atoms with Crippen LogP contribution in [0.2, 0.25) is 0 Å². The van der Waals surface area contributed by atoms with E-state index in [9.17, 15) is 9.59 Å². The number of nitrogens with two attached hydrogens (primary N) is 1. The molecule has 1 heterocycles. The Balaban J connectivity index is 2.26. The predicted octanol–water partition coefficient (Wildman–Crippen LogP) is 1.72. The van der Waals surface area contributed by atoms with Gasteiger partial charge in [-0.2, -0.15) is 0 Å². The van der Waals surface area contributed by atoms with Gasteiger partial charge in [0.25, 0.3) is 5.91 Å². The van der Waals surface area contributed by atoms with Crippen LogP contribution in [0.25, 0.3) is 0 Å². The molecule has 21 heavy (non-hydrogen) atoms. The topological polar surface area (TPSA) is 81.9 Å². The van der Waals surface area contributed by atoms with E-state index in [-0.39, 0.29) is 18.6 Å². The van der Waals surface area contributed by atoms with Crippen LogP contribution >= 0.6 is 0 Å². The average Bonchev–Trinajstić information content (AvgIpc) is 2.43. The maximum Gasteiger partial charge on any atom is 0.326 e. The van der Waals surface area contributed by atoms with Crippen molar-refractivity contribution in [2.75, 3.05) is 17.2 Å². The molecule has 0 fully saturated rings. The summed E-state index contributed by atoms with van der Waals surface area (Å²) in [6.07, 6.45) is -0.118. The van der Waals surface area contributed by atoms with Gasteiger partial charge in [0.2, 0.25) is 0 Å². The highest BCUT2D eigenvalue weighted by atomic mass is 16.5. The minimum atomic E-state index is -0.657. The van der Waals surface area contributed by atoms with Gasteiger partial charge >= 0.3 is 5.97 Å². The summed E-state index contributed by atoms with van der Waals surface area (Å²) in [5, 5.41) is 0. The highest BCUT2D eigenvalue weighted by Crippen LogP contribution is 2.38. The number of anilines is 2. The molecule has 1 aromatic carbocycles. The van der Waals surface area contributed by atoms with Crippen molar-refractivity contribution in [3.8, 4) is 5.75 Å². The van der Waals surface area contributed by atoms with Crippen LogP contribution in [0.15, 0.2) is 18.2 Å². The monoisotopic (exact) mass is 292 g/mol. The maximum atomic E-state index is 12.3. The second-order valence-corrected chi connectivity index (χ2v) is 5.09. The zero-order valence-electron chi connectivity index (χ0n) is 12.5. The van der Waals surface area contributed by atoms with Gasteiger partial charge in [0.05, 0.1) is 11.8 Å². The first-order chi connectivity index (χ1) is 9.93. The van der Waals surface area contributed by atoms with Crippen molar-refractivity contribution in [1.29, 1.82) is 0 Å². The normalized spacial score (nSPS) is 18.7. The number of rotatable bonds is 4. The Morgan fingerprint density at radius 2 is 2.24 bits per heavy atom. The number of para-hydroxylation sites is 1. The first-order valence-corrected chi connectivity index (χ1v) is 7.00. The number of ether oxygens (including phenoxy) is 2. The Kier molecular flexibility index (Phi) is 4.35. The van der Waals surface area contributed by atoms with Gasteiger partial charge in [-0.3, -0.25) is 14.5 Å². The van der Waals surface area contributed by atoms with Crippen LogP contribution in [0, 0.1) is 0 Å². The first-order valence-electron chi connectivity index (χ1n) is 7.00. The Morgan fingerprint density at radius 3 is 2.90 bits per heavy atom. The van der Waals surface area contributed by atoms with E-state index in [1.165, 1.54) is 4.90 Å². The van der Waals surface area contributed by atoms with E-state index in [2.05, 4.69) is 0 Å². The molecule has 1 aromatic rings. The molecule has 2 atom stereocenters. The minimum Gasteiger partial charge on any atom is -0.479 e. The number of fused-ring (bicyclic) bond motifs is 1. The molecule has 2 unspecified atom stereocenters. The van der Waals surface area contributed by atoms with Crippen LogP contribution in [-0.2, 0) is 14.3 Å². The molecule has 2 N–H and O–H groups in total. The van der Waals surface area contributed by atoms with Crippen LogP contribution in [0.4, 0.5) is 11.4 Å². The predicted molar refractivity (Wildman–Crippen MR) is 79.1 cm³/mol. The number of nitrogens with zero attached hydrogens (tertiary/aromatic N) is 1. The molecule has 1 aliphatic rings. The largest absolute Gasteiger partial charge is 0.479 e. The van der Waals surface area contributed by atoms with E-state index in [1.807, 2.05) is 13.8 Å². The Morgan fingerprint density at radius 1 is 1.52 bits per heavy atom. The van der Waals surface area contributed by atoms with Crippen LogP contribution in [0.1, 0.15) is 27.2 Å². The van der Waals surface area contributed by atoms with E-state index in [1.54, 1.807) is 25.1 Å². The summed E-state index contributed by atoms with van der Waals surface area (Å²) >= 11 is 0. The van der Waals surface area contributed by atoms with Gasteiger partial charge < -0.3 is 15.2 Å². The second-order valence-electron chi connectivity index (χ2n) is 5.09. The SMILES string of the molecule is CCC(C)OC(=O)CN1C(=O)C(C)Oc2cccc(N)c21. The van der Waals surface area contributed by atoms with E-state index in [4.69, 9.17) is 15.2 Å². The molecule has 1 aliphatic heterocycles. The number of carbonyl (C=O) groups excluding carboxylic acids is 2. The lowest BCUT2D eigenvalue weighted by Crippen LogP contribution is -2.47. The van der Waals surface area contributed by atoms with Crippen LogP contribution in [0.3, 0.4) is 0 Å². The summed E-state index contributed by atoms with van der Waals surface area (Å²) in [4.78, 5) is 25.6. The van der Waals surface area contributed by atoms with Gasteiger partial charge in [-0.1, -0.05) is 13.0 Å². The Bertz CT molecular complexity index is 559. The number of amides is 1. The van der Waals surface area contributed by atoms with E-state index in [0.717, 1.165) is 6.42 Å². The van der Waals surface area contributed by atoms with E-state index < -0.39 is 12.1 Å². The number of benzene rings is 1. The quantitative estimate of drug-likeness (QED) is 0.675. The zero-order valence-corrected chi connectivity index (χ0v) is 12.5. The molecule has 0 radical (unpaired) electrons.